The van der Waals surface area contributed by atoms with Crippen molar-refractivity contribution in [1.29, 1.82) is 5.26 Å². The average Bonchev–Trinajstić information content (AvgIpc) is 3.21. The van der Waals surface area contributed by atoms with E-state index >= 15 is 4.39 Å². The molecule has 2 aliphatic heterocycles. The Hall–Kier alpha value is -3.56. The summed E-state index contributed by atoms with van der Waals surface area (Å²) in [5.74, 6) is -1.97. The van der Waals surface area contributed by atoms with E-state index in [1.54, 1.807) is 0 Å². The van der Waals surface area contributed by atoms with E-state index in [4.69, 9.17) is 22.2 Å². The van der Waals surface area contributed by atoms with Crippen LogP contribution >= 0.6 is 12.2 Å². The number of nitrogens with one attached hydrogen (secondary N) is 1. The Balaban J connectivity index is 1.88. The summed E-state index contributed by atoms with van der Waals surface area (Å²) in [7, 11) is 1.30. The first kappa shape index (κ1) is 23.6. The van der Waals surface area contributed by atoms with Crippen molar-refractivity contribution in [3.05, 3.63) is 58.4 Å². The number of ether oxygens (including phenoxy) is 1. The maximum absolute atomic E-state index is 15.2. The number of fused-ring (bicyclic) bond motifs is 1. The van der Waals surface area contributed by atoms with Crippen molar-refractivity contribution in [2.45, 2.75) is 25.2 Å². The van der Waals surface area contributed by atoms with Gasteiger partial charge in [0.2, 0.25) is 0 Å². The number of nitriles is 1. The Morgan fingerprint density at radius 3 is 2.59 bits per heavy atom. The van der Waals surface area contributed by atoms with Crippen LogP contribution in [0.3, 0.4) is 0 Å². The number of hydrogen-bond donors (Lipinski definition) is 1. The van der Waals surface area contributed by atoms with E-state index < -0.39 is 40.5 Å². The zero-order valence-electron chi connectivity index (χ0n) is 17.8. The molecule has 0 unspecified atom stereocenters. The molecule has 4 rings (SSSR count). The van der Waals surface area contributed by atoms with Crippen molar-refractivity contribution in [3.8, 4) is 6.07 Å². The van der Waals surface area contributed by atoms with E-state index in [0.29, 0.717) is 11.6 Å². The molecule has 1 atom stereocenters. The second kappa shape index (κ2) is 8.03. The molecule has 176 valence electrons. The van der Waals surface area contributed by atoms with Gasteiger partial charge in [-0.3, -0.25) is 19.4 Å². The number of amides is 2. The number of methoxy groups -OCH3 is 1. The molecule has 2 heterocycles. The molecule has 2 aromatic carbocycles. The molecule has 12 heteroatoms. The van der Waals surface area contributed by atoms with Crippen molar-refractivity contribution in [1.82, 2.24) is 5.32 Å². The van der Waals surface area contributed by atoms with Crippen LogP contribution in [0.1, 0.15) is 34.0 Å². The summed E-state index contributed by atoms with van der Waals surface area (Å²) in [5.41, 5.74) is -3.32. The third-order valence-corrected chi connectivity index (χ3v) is 6.12. The number of benzene rings is 2. The van der Waals surface area contributed by atoms with Gasteiger partial charge in [0.1, 0.15) is 11.4 Å². The second-order valence-electron chi connectivity index (χ2n) is 7.95. The minimum atomic E-state index is -4.86. The molecule has 2 aromatic rings. The van der Waals surface area contributed by atoms with E-state index in [0.717, 1.165) is 28.0 Å². The van der Waals surface area contributed by atoms with Crippen molar-refractivity contribution in [3.63, 3.8) is 0 Å². The number of thiocarbonyl (C=S) groups is 1. The first-order valence-corrected chi connectivity index (χ1v) is 10.2. The summed E-state index contributed by atoms with van der Waals surface area (Å²) in [6, 6.07) is 6.61. The first-order valence-electron chi connectivity index (χ1n) is 9.83. The number of nitrogens with zero attached hydrogens (tertiary/aromatic N) is 3. The predicted octanol–water partition coefficient (Wildman–Crippen LogP) is 3.50. The van der Waals surface area contributed by atoms with Gasteiger partial charge < -0.3 is 10.1 Å². The standard InChI is InChI=1S/C22H16F4N4O3S/c1-21(10-33-2)19(32)29(13-4-3-11(8-27)15(6-13)22(24,25)26)20(34)30(21)17-7-14-12(5-16(17)23)9-28-18(14)31/h3-7H,9-10H2,1-2H3,(H,28,31)/t21-/m0/s1. The lowest BCUT2D eigenvalue weighted by Gasteiger charge is -2.32. The maximum Gasteiger partial charge on any atom is 0.417 e. The number of carbonyl (C=O) groups is 2. The fourth-order valence-corrected chi connectivity index (χ4v) is 4.63. The molecule has 2 aliphatic rings. The zero-order chi connectivity index (χ0) is 25.0. The summed E-state index contributed by atoms with van der Waals surface area (Å²) in [6.45, 7) is 1.27. The quantitative estimate of drug-likeness (QED) is 0.520. The number of anilines is 2. The lowest BCUT2D eigenvalue weighted by molar-refractivity contribution is -0.137. The van der Waals surface area contributed by atoms with Crippen molar-refractivity contribution in [2.24, 2.45) is 0 Å². The van der Waals surface area contributed by atoms with Gasteiger partial charge in [-0.25, -0.2) is 4.39 Å². The van der Waals surface area contributed by atoms with Crippen LogP contribution in [0.15, 0.2) is 30.3 Å². The lowest BCUT2D eigenvalue weighted by atomic mass is 9.99. The SMILES string of the molecule is COC[C@@]1(C)C(=O)N(c2ccc(C#N)c(C(F)(F)F)c2)C(=S)N1c1cc2c(cc1F)CNC2=O. The molecule has 0 aromatic heterocycles. The summed E-state index contributed by atoms with van der Waals surface area (Å²) in [6.07, 6.45) is -4.86. The van der Waals surface area contributed by atoms with Gasteiger partial charge in [-0.15, -0.1) is 0 Å². The molecule has 0 aliphatic carbocycles. The number of alkyl halides is 3. The van der Waals surface area contributed by atoms with Gasteiger partial charge in [-0.2, -0.15) is 18.4 Å². The maximum atomic E-state index is 15.2. The van der Waals surface area contributed by atoms with Crippen LogP contribution in [0.4, 0.5) is 28.9 Å². The minimum Gasteiger partial charge on any atom is -0.382 e. The van der Waals surface area contributed by atoms with Gasteiger partial charge in [-0.05, 0) is 55.0 Å². The summed E-state index contributed by atoms with van der Waals surface area (Å²) < 4.78 is 60.9. The summed E-state index contributed by atoms with van der Waals surface area (Å²) in [4.78, 5) is 27.6. The van der Waals surface area contributed by atoms with Gasteiger partial charge in [-0.1, -0.05) is 0 Å². The van der Waals surface area contributed by atoms with Crippen LogP contribution in [-0.2, 0) is 22.3 Å². The van der Waals surface area contributed by atoms with Crippen molar-refractivity contribution in [2.75, 3.05) is 23.5 Å². The zero-order valence-corrected chi connectivity index (χ0v) is 18.6. The lowest BCUT2D eigenvalue weighted by Crippen LogP contribution is -2.51. The Labute approximate surface area is 196 Å². The largest absolute Gasteiger partial charge is 0.417 e. The molecule has 0 radical (unpaired) electrons. The number of carbonyl (C=O) groups excluding carboxylic acids is 2. The van der Waals surface area contributed by atoms with Crippen LogP contribution in [0, 0.1) is 17.1 Å². The predicted molar refractivity (Wildman–Crippen MR) is 117 cm³/mol. The second-order valence-corrected chi connectivity index (χ2v) is 8.31. The van der Waals surface area contributed by atoms with E-state index in [9.17, 15) is 22.8 Å². The van der Waals surface area contributed by atoms with Gasteiger partial charge in [0.25, 0.3) is 11.8 Å². The fourth-order valence-electron chi connectivity index (χ4n) is 4.14. The molecule has 1 N–H and O–H groups in total. The van der Waals surface area contributed by atoms with E-state index in [1.165, 1.54) is 26.2 Å². The third kappa shape index (κ3) is 3.48. The van der Waals surface area contributed by atoms with E-state index in [2.05, 4.69) is 5.32 Å². The third-order valence-electron chi connectivity index (χ3n) is 5.75. The molecular formula is C22H16F4N4O3S. The number of hydrogen-bond acceptors (Lipinski definition) is 5. The Morgan fingerprint density at radius 1 is 1.26 bits per heavy atom. The van der Waals surface area contributed by atoms with Crippen LogP contribution < -0.4 is 15.1 Å². The van der Waals surface area contributed by atoms with Gasteiger partial charge >= 0.3 is 6.18 Å². The molecule has 0 bridgehead atoms. The highest BCUT2D eigenvalue weighted by Crippen LogP contribution is 2.41. The normalized spacial score (nSPS) is 20.0. The van der Waals surface area contributed by atoms with E-state index in [1.807, 2.05) is 0 Å². The highest BCUT2D eigenvalue weighted by atomic mass is 32.1. The van der Waals surface area contributed by atoms with Gasteiger partial charge in [0, 0.05) is 19.2 Å². The molecular weight excluding hydrogens is 476 g/mol. The van der Waals surface area contributed by atoms with Crippen LogP contribution in [0.25, 0.3) is 0 Å². The van der Waals surface area contributed by atoms with E-state index in [-0.39, 0.29) is 35.2 Å². The first-order chi connectivity index (χ1) is 15.9. The molecule has 7 nitrogen and oxygen atoms in total. The number of rotatable bonds is 4. The molecule has 34 heavy (non-hydrogen) atoms. The molecule has 1 fully saturated rings. The minimum absolute atomic E-state index is 0.141. The van der Waals surface area contributed by atoms with Crippen molar-refractivity contribution >= 4 is 40.5 Å². The van der Waals surface area contributed by atoms with Gasteiger partial charge in [0.15, 0.2) is 5.11 Å². The Morgan fingerprint density at radius 2 is 1.97 bits per heavy atom. The van der Waals surface area contributed by atoms with Crippen molar-refractivity contribution < 1.29 is 31.9 Å². The Bertz CT molecular complexity index is 1290. The fraction of sp³-hybridized carbons (Fsp3) is 0.273. The smallest absolute Gasteiger partial charge is 0.382 e. The topological polar surface area (TPSA) is 85.7 Å². The van der Waals surface area contributed by atoms with Crippen LogP contribution in [0.2, 0.25) is 0 Å². The highest BCUT2D eigenvalue weighted by Gasteiger charge is 2.54. The molecule has 0 saturated carbocycles. The average molecular weight is 492 g/mol. The highest BCUT2D eigenvalue weighted by molar-refractivity contribution is 7.81. The van der Waals surface area contributed by atoms with Gasteiger partial charge in [0.05, 0.1) is 35.2 Å². The van der Waals surface area contributed by atoms with Crippen LogP contribution in [0.5, 0.6) is 0 Å². The van der Waals surface area contributed by atoms with Crippen LogP contribution in [-0.4, -0.2) is 36.2 Å². The Kier molecular flexibility index (Phi) is 5.58. The molecule has 2 amide bonds. The molecule has 0 spiro atoms. The number of halogens is 4. The summed E-state index contributed by atoms with van der Waals surface area (Å²) in [5, 5.41) is 11.3. The summed E-state index contributed by atoms with van der Waals surface area (Å²) >= 11 is 5.44. The molecule has 1 saturated heterocycles. The monoisotopic (exact) mass is 492 g/mol.